The average Bonchev–Trinajstić information content (AvgIpc) is 3.67. The molecule has 0 bridgehead atoms. The van der Waals surface area contributed by atoms with Crippen molar-refractivity contribution in [3.8, 4) is 44.5 Å². The van der Waals surface area contributed by atoms with E-state index in [0.717, 1.165) is 0 Å². The summed E-state index contributed by atoms with van der Waals surface area (Å²) < 4.78 is 140. The largest absolute Gasteiger partial charge is 0.456 e. The van der Waals surface area contributed by atoms with Gasteiger partial charge in [0, 0.05) is 10.8 Å². The first-order chi connectivity index (χ1) is 28.6. The zero-order valence-corrected chi connectivity index (χ0v) is 23.4. The molecule has 0 aliphatic rings. The maximum atomic E-state index is 9.60. The first kappa shape index (κ1) is 14.7. The fraction of sp³-hybridized carbons (Fsp3) is 0. The van der Waals surface area contributed by atoms with Crippen LogP contribution in [0.2, 0.25) is 0 Å². The standard InChI is InChI=1S/C44H28O/c1-3-11-29(12-4-1)31-19-21-32(22-20-31)43-36-15-7-9-17-38(36)44(39-18-10-8-16-37(39)43)34-23-25-35-40-27-33(30-13-5-2-6-14-30)24-26-41(40)45-42(35)28-34/h1-28H/i2D,5D,6D,13D,14D,19D,20D,21D,22D,23D,24D,25D,26D,27D,28D. The highest BCUT2D eigenvalue weighted by Crippen LogP contribution is 2.45. The Balaban J connectivity index is 1.38. The van der Waals surface area contributed by atoms with Gasteiger partial charge < -0.3 is 4.42 Å². The molecule has 0 aliphatic carbocycles. The van der Waals surface area contributed by atoms with Gasteiger partial charge in [-0.2, -0.15) is 0 Å². The predicted octanol–water partition coefficient (Wildman–Crippen LogP) is 12.6. The maximum absolute atomic E-state index is 9.60. The Kier molecular flexibility index (Phi) is 3.39. The molecule has 0 unspecified atom stereocenters. The second kappa shape index (κ2) is 10.4. The molecule has 0 fully saturated rings. The van der Waals surface area contributed by atoms with Gasteiger partial charge in [0.15, 0.2) is 0 Å². The third-order valence-electron chi connectivity index (χ3n) is 7.88. The minimum absolute atomic E-state index is 0.0421. The van der Waals surface area contributed by atoms with Crippen LogP contribution >= 0.6 is 0 Å². The quantitative estimate of drug-likeness (QED) is 0.187. The number of hydrogen-bond donors (Lipinski definition) is 0. The SMILES string of the molecule is [2H]c1c([2H])c([2H])c(-c2c([2H])c([2H])c3oc4c([2H])c(-c5c6ccccc6c(-c6c([2H])c([2H])c(-c7ccccc7)c([2H])c6[2H])c6ccccc56)c([2H])c([2H])c4c3c2[2H])c([2H])c1[2H]. The van der Waals surface area contributed by atoms with Gasteiger partial charge in [0.2, 0.25) is 0 Å². The molecular formula is C44H28O. The number of fused-ring (bicyclic) bond motifs is 5. The Hall–Kier alpha value is -5.92. The molecule has 0 atom stereocenters. The van der Waals surface area contributed by atoms with Crippen molar-refractivity contribution in [3.05, 3.63) is 169 Å². The summed E-state index contributed by atoms with van der Waals surface area (Å²) in [6.07, 6.45) is 0. The fourth-order valence-electron chi connectivity index (χ4n) is 5.87. The topological polar surface area (TPSA) is 13.1 Å². The van der Waals surface area contributed by atoms with Crippen LogP contribution in [0.15, 0.2) is 174 Å². The van der Waals surface area contributed by atoms with Gasteiger partial charge in [0.05, 0.1) is 20.6 Å². The summed E-state index contributed by atoms with van der Waals surface area (Å²) >= 11 is 0. The number of rotatable bonds is 4. The summed E-state index contributed by atoms with van der Waals surface area (Å²) in [4.78, 5) is 0. The molecular weight excluding hydrogens is 544 g/mol. The van der Waals surface area contributed by atoms with Crippen LogP contribution in [0, 0.1) is 0 Å². The van der Waals surface area contributed by atoms with Gasteiger partial charge in [-0.25, -0.2) is 0 Å². The van der Waals surface area contributed by atoms with Gasteiger partial charge in [0.1, 0.15) is 11.2 Å². The molecule has 45 heavy (non-hydrogen) atoms. The van der Waals surface area contributed by atoms with Crippen molar-refractivity contribution < 1.29 is 25.0 Å². The lowest BCUT2D eigenvalue weighted by Crippen LogP contribution is -1.91. The van der Waals surface area contributed by atoms with Crippen LogP contribution in [0.25, 0.3) is 88.0 Å². The molecule has 1 aromatic heterocycles. The highest BCUT2D eigenvalue weighted by Gasteiger charge is 2.18. The van der Waals surface area contributed by atoms with E-state index in [2.05, 4.69) is 0 Å². The third kappa shape index (κ3) is 4.24. The Labute approximate surface area is 282 Å². The molecule has 0 saturated carbocycles. The van der Waals surface area contributed by atoms with E-state index in [1.807, 2.05) is 0 Å². The maximum Gasteiger partial charge on any atom is 0.136 e. The third-order valence-corrected chi connectivity index (χ3v) is 7.88. The first-order valence-corrected chi connectivity index (χ1v) is 14.2. The van der Waals surface area contributed by atoms with E-state index >= 15 is 0 Å². The van der Waals surface area contributed by atoms with Gasteiger partial charge in [-0.3, -0.25) is 0 Å². The van der Waals surface area contributed by atoms with Crippen molar-refractivity contribution >= 4 is 43.5 Å². The molecule has 1 heteroatoms. The minimum atomic E-state index is -0.700. The highest BCUT2D eigenvalue weighted by molar-refractivity contribution is 6.22. The fourth-order valence-corrected chi connectivity index (χ4v) is 5.87. The molecule has 0 radical (unpaired) electrons. The molecule has 1 heterocycles. The molecule has 9 rings (SSSR count). The average molecular weight is 588 g/mol. The van der Waals surface area contributed by atoms with Crippen molar-refractivity contribution in [1.82, 2.24) is 0 Å². The van der Waals surface area contributed by atoms with Crippen LogP contribution in [0.4, 0.5) is 0 Å². The van der Waals surface area contributed by atoms with Gasteiger partial charge in [-0.05, 0) is 90.2 Å². The Morgan fingerprint density at radius 1 is 0.333 bits per heavy atom. The van der Waals surface area contributed by atoms with E-state index in [4.69, 9.17) is 16.8 Å². The smallest absolute Gasteiger partial charge is 0.136 e. The summed E-state index contributed by atoms with van der Waals surface area (Å²) in [5.41, 5.74) is -0.103. The molecule has 0 spiro atoms. The van der Waals surface area contributed by atoms with Gasteiger partial charge in [-0.1, -0.05) is 145 Å². The van der Waals surface area contributed by atoms with Crippen LogP contribution in [0.5, 0.6) is 0 Å². The Morgan fingerprint density at radius 3 is 1.53 bits per heavy atom. The van der Waals surface area contributed by atoms with Crippen LogP contribution in [0.3, 0.4) is 0 Å². The summed E-state index contributed by atoms with van der Waals surface area (Å²) in [5, 5.41) is 1.48. The van der Waals surface area contributed by atoms with E-state index < -0.39 is 71.6 Å². The van der Waals surface area contributed by atoms with Crippen LogP contribution in [-0.2, 0) is 0 Å². The van der Waals surface area contributed by atoms with E-state index in [1.54, 1.807) is 78.9 Å². The number of benzene rings is 8. The Bertz CT molecular complexity index is 3260. The number of hydrogen-bond acceptors (Lipinski definition) is 1. The van der Waals surface area contributed by atoms with Crippen LogP contribution < -0.4 is 0 Å². The van der Waals surface area contributed by atoms with Crippen molar-refractivity contribution in [2.75, 3.05) is 0 Å². The van der Waals surface area contributed by atoms with E-state index in [9.17, 15) is 8.22 Å². The second-order valence-electron chi connectivity index (χ2n) is 10.5. The number of furan rings is 1. The summed E-state index contributed by atoms with van der Waals surface area (Å²) in [7, 11) is 0. The zero-order chi connectivity index (χ0) is 42.8. The molecule has 210 valence electrons. The lowest BCUT2D eigenvalue weighted by atomic mass is 9.85. The van der Waals surface area contributed by atoms with Crippen molar-refractivity contribution in [2.24, 2.45) is 0 Å². The summed E-state index contributed by atoms with van der Waals surface area (Å²) in [6, 6.07) is 15.2. The van der Waals surface area contributed by atoms with Crippen LogP contribution in [-0.4, -0.2) is 0 Å². The van der Waals surface area contributed by atoms with Crippen molar-refractivity contribution in [2.45, 2.75) is 0 Å². The lowest BCUT2D eigenvalue weighted by molar-refractivity contribution is 0.669. The second-order valence-corrected chi connectivity index (χ2v) is 10.5. The van der Waals surface area contributed by atoms with Crippen molar-refractivity contribution in [3.63, 3.8) is 0 Å². The van der Waals surface area contributed by atoms with Crippen molar-refractivity contribution in [1.29, 1.82) is 0 Å². The lowest BCUT2D eigenvalue weighted by Gasteiger charge is -2.18. The molecule has 0 N–H and O–H groups in total. The monoisotopic (exact) mass is 587 g/mol. The zero-order valence-electron chi connectivity index (χ0n) is 38.4. The molecule has 8 aromatic carbocycles. The van der Waals surface area contributed by atoms with E-state index in [0.29, 0.717) is 38.2 Å². The van der Waals surface area contributed by atoms with Gasteiger partial charge >= 0.3 is 0 Å². The van der Waals surface area contributed by atoms with E-state index in [-0.39, 0.29) is 68.8 Å². The van der Waals surface area contributed by atoms with Crippen LogP contribution in [0.1, 0.15) is 20.6 Å². The molecule has 0 aliphatic heterocycles. The minimum Gasteiger partial charge on any atom is -0.456 e. The Morgan fingerprint density at radius 2 is 0.867 bits per heavy atom. The molecule has 0 amide bonds. The summed E-state index contributed by atoms with van der Waals surface area (Å²) in [6.45, 7) is 0. The highest BCUT2D eigenvalue weighted by atomic mass is 16.3. The first-order valence-electron chi connectivity index (χ1n) is 21.7. The molecule has 9 aromatic rings. The van der Waals surface area contributed by atoms with Gasteiger partial charge in [0.25, 0.3) is 0 Å². The predicted molar refractivity (Wildman–Crippen MR) is 190 cm³/mol. The molecule has 1 nitrogen and oxygen atoms in total. The summed E-state index contributed by atoms with van der Waals surface area (Å²) in [5.74, 6) is 0. The normalized spacial score (nSPS) is 16.2. The van der Waals surface area contributed by atoms with E-state index in [1.165, 1.54) is 0 Å². The van der Waals surface area contributed by atoms with Gasteiger partial charge in [-0.15, -0.1) is 0 Å². The molecule has 0 saturated heterocycles.